The second kappa shape index (κ2) is 9.48. The number of pyridine rings is 1. The van der Waals surface area contributed by atoms with Crippen molar-refractivity contribution in [3.8, 4) is 11.5 Å². The first kappa shape index (κ1) is 21.4. The van der Waals surface area contributed by atoms with E-state index in [0.29, 0.717) is 17.9 Å². The zero-order valence-corrected chi connectivity index (χ0v) is 17.7. The van der Waals surface area contributed by atoms with Crippen molar-refractivity contribution in [3.05, 3.63) is 69.0 Å². The van der Waals surface area contributed by atoms with Crippen LogP contribution in [0, 0.1) is 13.8 Å². The lowest BCUT2D eigenvalue weighted by atomic mass is 10.1. The number of rotatable bonds is 8. The fourth-order valence-corrected chi connectivity index (χ4v) is 3.34. The van der Waals surface area contributed by atoms with Crippen LogP contribution in [0.2, 0.25) is 0 Å². The minimum Gasteiger partial charge on any atom is -0.508 e. The standard InChI is InChI=1S/C24H28N2O4/c1-4-5-6-11-30-22-15(2)7-9-18-13-19(24(29)26-21(18)22)23(28)25-14-17-8-10-20(27)16(3)12-17/h7-10,12-13,27H,4-6,11,14H2,1-3H3,(H,25,28)(H,26,29). The monoisotopic (exact) mass is 408 g/mol. The minimum atomic E-state index is -0.453. The summed E-state index contributed by atoms with van der Waals surface area (Å²) >= 11 is 0. The maximum absolute atomic E-state index is 12.6. The Morgan fingerprint density at radius 3 is 2.63 bits per heavy atom. The van der Waals surface area contributed by atoms with Crippen molar-refractivity contribution in [2.24, 2.45) is 0 Å². The molecule has 1 amide bonds. The number of amides is 1. The van der Waals surface area contributed by atoms with Gasteiger partial charge in [0, 0.05) is 11.9 Å². The number of aromatic nitrogens is 1. The molecule has 0 radical (unpaired) electrons. The number of phenolic OH excluding ortho intramolecular Hbond substituents is 1. The quantitative estimate of drug-likeness (QED) is 0.483. The minimum absolute atomic E-state index is 0.0544. The number of H-pyrrole nitrogens is 1. The van der Waals surface area contributed by atoms with Crippen molar-refractivity contribution in [2.75, 3.05) is 6.61 Å². The molecule has 6 nitrogen and oxygen atoms in total. The molecular weight excluding hydrogens is 380 g/mol. The summed E-state index contributed by atoms with van der Waals surface area (Å²) < 4.78 is 5.94. The molecule has 3 N–H and O–H groups in total. The van der Waals surface area contributed by atoms with Crippen molar-refractivity contribution in [2.45, 2.75) is 46.6 Å². The van der Waals surface area contributed by atoms with E-state index in [1.165, 1.54) is 0 Å². The number of ether oxygens (including phenoxy) is 1. The highest BCUT2D eigenvalue weighted by atomic mass is 16.5. The average Bonchev–Trinajstić information content (AvgIpc) is 2.73. The van der Waals surface area contributed by atoms with Gasteiger partial charge in [-0.15, -0.1) is 0 Å². The molecule has 0 fully saturated rings. The van der Waals surface area contributed by atoms with Gasteiger partial charge in [-0.05, 0) is 49.1 Å². The van der Waals surface area contributed by atoms with Crippen LogP contribution in [0.1, 0.15) is 53.2 Å². The fraction of sp³-hybridized carbons (Fsp3) is 0.333. The normalized spacial score (nSPS) is 10.9. The highest BCUT2D eigenvalue weighted by molar-refractivity contribution is 5.98. The molecule has 0 saturated carbocycles. The summed E-state index contributed by atoms with van der Waals surface area (Å²) in [6.45, 7) is 6.71. The van der Waals surface area contributed by atoms with Crippen LogP contribution < -0.4 is 15.6 Å². The van der Waals surface area contributed by atoms with Gasteiger partial charge < -0.3 is 20.1 Å². The molecule has 0 aliphatic rings. The predicted octanol–water partition coefficient (Wildman–Crippen LogP) is 4.35. The molecule has 1 heterocycles. The van der Waals surface area contributed by atoms with Crippen LogP contribution in [0.25, 0.3) is 10.9 Å². The Hall–Kier alpha value is -3.28. The molecule has 0 saturated heterocycles. The van der Waals surface area contributed by atoms with Crippen LogP contribution in [-0.4, -0.2) is 22.6 Å². The molecule has 1 aromatic heterocycles. The highest BCUT2D eigenvalue weighted by Gasteiger charge is 2.15. The number of hydrogen-bond donors (Lipinski definition) is 3. The lowest BCUT2D eigenvalue weighted by Gasteiger charge is -2.13. The van der Waals surface area contributed by atoms with Gasteiger partial charge in [0.25, 0.3) is 11.5 Å². The summed E-state index contributed by atoms with van der Waals surface area (Å²) in [6, 6.07) is 10.5. The van der Waals surface area contributed by atoms with E-state index < -0.39 is 11.5 Å². The van der Waals surface area contributed by atoms with Gasteiger partial charge in [0.15, 0.2) is 0 Å². The fourth-order valence-electron chi connectivity index (χ4n) is 3.34. The van der Waals surface area contributed by atoms with E-state index >= 15 is 0 Å². The Balaban J connectivity index is 1.81. The van der Waals surface area contributed by atoms with Crippen LogP contribution in [0.3, 0.4) is 0 Å². The van der Waals surface area contributed by atoms with Crippen LogP contribution in [0.4, 0.5) is 0 Å². The number of aromatic amines is 1. The smallest absolute Gasteiger partial charge is 0.261 e. The number of carbonyl (C=O) groups is 1. The number of phenols is 1. The first-order valence-electron chi connectivity index (χ1n) is 10.3. The number of unbranched alkanes of at least 4 members (excludes halogenated alkanes) is 2. The summed E-state index contributed by atoms with van der Waals surface area (Å²) in [5, 5.41) is 13.1. The van der Waals surface area contributed by atoms with Crippen molar-refractivity contribution in [1.29, 1.82) is 0 Å². The lowest BCUT2D eigenvalue weighted by molar-refractivity contribution is 0.0949. The summed E-state index contributed by atoms with van der Waals surface area (Å²) in [4.78, 5) is 28.1. The Bertz CT molecular complexity index is 1120. The third kappa shape index (κ3) is 4.82. The third-order valence-corrected chi connectivity index (χ3v) is 5.12. The summed E-state index contributed by atoms with van der Waals surface area (Å²) in [5.41, 5.74) is 2.72. The van der Waals surface area contributed by atoms with Gasteiger partial charge in [0.2, 0.25) is 0 Å². The third-order valence-electron chi connectivity index (χ3n) is 5.12. The topological polar surface area (TPSA) is 91.4 Å². The molecule has 0 unspecified atom stereocenters. The number of nitrogens with one attached hydrogen (secondary N) is 2. The number of fused-ring (bicyclic) bond motifs is 1. The van der Waals surface area contributed by atoms with Crippen molar-refractivity contribution >= 4 is 16.8 Å². The van der Waals surface area contributed by atoms with Gasteiger partial charge in [-0.3, -0.25) is 9.59 Å². The van der Waals surface area contributed by atoms with Crippen LogP contribution in [0.5, 0.6) is 11.5 Å². The van der Waals surface area contributed by atoms with Gasteiger partial charge in [-0.1, -0.05) is 44.0 Å². The summed E-state index contributed by atoms with van der Waals surface area (Å²) in [7, 11) is 0. The number of aromatic hydroxyl groups is 1. The molecule has 0 aliphatic heterocycles. The predicted molar refractivity (Wildman–Crippen MR) is 118 cm³/mol. The molecular formula is C24H28N2O4. The van der Waals surface area contributed by atoms with E-state index in [1.54, 1.807) is 31.2 Å². The Labute approximate surface area is 175 Å². The zero-order valence-electron chi connectivity index (χ0n) is 17.7. The molecule has 6 heteroatoms. The van der Waals surface area contributed by atoms with Crippen molar-refractivity contribution in [3.63, 3.8) is 0 Å². The van der Waals surface area contributed by atoms with Gasteiger partial charge in [0.1, 0.15) is 17.1 Å². The molecule has 3 rings (SSSR count). The van der Waals surface area contributed by atoms with Crippen LogP contribution in [0.15, 0.2) is 41.2 Å². The van der Waals surface area contributed by atoms with E-state index in [-0.39, 0.29) is 17.9 Å². The van der Waals surface area contributed by atoms with Crippen LogP contribution in [-0.2, 0) is 6.54 Å². The molecule has 3 aromatic rings. The number of aryl methyl sites for hydroxylation is 2. The second-order valence-electron chi connectivity index (χ2n) is 7.55. The summed E-state index contributed by atoms with van der Waals surface area (Å²) in [6.07, 6.45) is 3.15. The first-order chi connectivity index (χ1) is 14.4. The van der Waals surface area contributed by atoms with E-state index in [0.717, 1.165) is 41.3 Å². The van der Waals surface area contributed by atoms with Crippen molar-refractivity contribution in [1.82, 2.24) is 10.3 Å². The number of carbonyl (C=O) groups excluding carboxylic acids is 1. The van der Waals surface area contributed by atoms with E-state index in [9.17, 15) is 14.7 Å². The average molecular weight is 408 g/mol. The number of hydrogen-bond acceptors (Lipinski definition) is 4. The molecule has 30 heavy (non-hydrogen) atoms. The van der Waals surface area contributed by atoms with E-state index in [1.807, 2.05) is 19.1 Å². The maximum atomic E-state index is 12.6. The van der Waals surface area contributed by atoms with Gasteiger partial charge >= 0.3 is 0 Å². The molecule has 0 spiro atoms. The molecule has 0 atom stereocenters. The first-order valence-corrected chi connectivity index (χ1v) is 10.3. The van der Waals surface area contributed by atoms with Gasteiger partial charge in [-0.25, -0.2) is 0 Å². The Kier molecular flexibility index (Phi) is 6.77. The zero-order chi connectivity index (χ0) is 21.7. The molecule has 2 aromatic carbocycles. The Morgan fingerprint density at radius 1 is 1.10 bits per heavy atom. The second-order valence-corrected chi connectivity index (χ2v) is 7.55. The van der Waals surface area contributed by atoms with Gasteiger partial charge in [-0.2, -0.15) is 0 Å². The van der Waals surface area contributed by atoms with Crippen LogP contribution >= 0.6 is 0 Å². The number of benzene rings is 2. The largest absolute Gasteiger partial charge is 0.508 e. The highest BCUT2D eigenvalue weighted by Crippen LogP contribution is 2.28. The Morgan fingerprint density at radius 2 is 1.90 bits per heavy atom. The van der Waals surface area contributed by atoms with Crippen molar-refractivity contribution < 1.29 is 14.6 Å². The molecule has 158 valence electrons. The molecule has 0 aliphatic carbocycles. The molecule has 0 bridgehead atoms. The summed E-state index contributed by atoms with van der Waals surface area (Å²) in [5.74, 6) is 0.418. The lowest BCUT2D eigenvalue weighted by Crippen LogP contribution is -2.29. The van der Waals surface area contributed by atoms with E-state index in [4.69, 9.17) is 4.74 Å². The maximum Gasteiger partial charge on any atom is 0.261 e. The van der Waals surface area contributed by atoms with Gasteiger partial charge in [0.05, 0.1) is 12.1 Å². The van der Waals surface area contributed by atoms with E-state index in [2.05, 4.69) is 17.2 Å². The SMILES string of the molecule is CCCCCOc1c(C)ccc2cc(C(=O)NCc3ccc(O)c(C)c3)c(=O)[nH]c12.